The molecule has 0 fully saturated rings. The van der Waals surface area contributed by atoms with Gasteiger partial charge in [0.05, 0.1) is 6.04 Å². The molecule has 1 heterocycles. The Labute approximate surface area is 140 Å². The molecule has 0 spiro atoms. The first-order valence-corrected chi connectivity index (χ1v) is 8.06. The predicted octanol–water partition coefficient (Wildman–Crippen LogP) is 4.74. The normalized spacial score (nSPS) is 13.9. The summed E-state index contributed by atoms with van der Waals surface area (Å²) in [6, 6.07) is 15.3. The van der Waals surface area contributed by atoms with Crippen molar-refractivity contribution in [1.82, 2.24) is 10.3 Å². The molecule has 0 saturated carbocycles. The van der Waals surface area contributed by atoms with E-state index in [1.165, 1.54) is 0 Å². The minimum atomic E-state index is -0.278. The molecule has 0 aliphatic rings. The number of Topliss-reactive ketones (excluding diaryl/α,β-unsaturated/α-hetero) is 1. The summed E-state index contributed by atoms with van der Waals surface area (Å²) in [6.07, 6.45) is 1.79. The van der Waals surface area contributed by atoms with Gasteiger partial charge in [0.15, 0.2) is 5.78 Å². The molecule has 4 heteroatoms. The van der Waals surface area contributed by atoms with Crippen LogP contribution in [-0.4, -0.2) is 16.8 Å². The highest BCUT2D eigenvalue weighted by Gasteiger charge is 2.20. The third-order valence-corrected chi connectivity index (χ3v) is 4.37. The fraction of sp³-hybridized carbons (Fsp3) is 0.211. The van der Waals surface area contributed by atoms with E-state index >= 15 is 0 Å². The molecule has 1 aromatic heterocycles. The fourth-order valence-corrected chi connectivity index (χ4v) is 2.93. The maximum atomic E-state index is 12.7. The van der Waals surface area contributed by atoms with E-state index in [0.717, 1.165) is 22.0 Å². The number of carbonyl (C=O) groups excluding carboxylic acids is 1. The SMILES string of the molecule is C[C@H](N[C@@H](C)c1ccc(Cl)cc1)C(=O)c1c[nH]c2ccccc12. The van der Waals surface area contributed by atoms with Crippen molar-refractivity contribution >= 4 is 28.3 Å². The van der Waals surface area contributed by atoms with Crippen LogP contribution in [0.25, 0.3) is 10.9 Å². The molecule has 0 radical (unpaired) electrons. The summed E-state index contributed by atoms with van der Waals surface area (Å²) < 4.78 is 0. The van der Waals surface area contributed by atoms with E-state index in [2.05, 4.69) is 10.3 Å². The second kappa shape index (κ2) is 6.57. The van der Waals surface area contributed by atoms with Gasteiger partial charge in [0.25, 0.3) is 0 Å². The summed E-state index contributed by atoms with van der Waals surface area (Å²) in [5.74, 6) is 0.0864. The molecular weight excluding hydrogens is 308 g/mol. The lowest BCUT2D eigenvalue weighted by atomic mass is 10.0. The minimum Gasteiger partial charge on any atom is -0.360 e. The van der Waals surface area contributed by atoms with Crippen LogP contribution in [0.4, 0.5) is 0 Å². The first-order chi connectivity index (χ1) is 11.1. The summed E-state index contributed by atoms with van der Waals surface area (Å²) in [5, 5.41) is 5.04. The molecule has 2 atom stereocenters. The van der Waals surface area contributed by atoms with Gasteiger partial charge in [-0.1, -0.05) is 41.9 Å². The summed E-state index contributed by atoms with van der Waals surface area (Å²) in [6.45, 7) is 3.94. The molecule has 3 rings (SSSR count). The lowest BCUT2D eigenvalue weighted by Crippen LogP contribution is -2.35. The Balaban J connectivity index is 1.76. The lowest BCUT2D eigenvalue weighted by Gasteiger charge is -2.19. The van der Waals surface area contributed by atoms with E-state index < -0.39 is 0 Å². The van der Waals surface area contributed by atoms with E-state index in [0.29, 0.717) is 5.02 Å². The molecule has 0 aliphatic carbocycles. The minimum absolute atomic E-state index is 0.0661. The van der Waals surface area contributed by atoms with E-state index in [9.17, 15) is 4.79 Å². The van der Waals surface area contributed by atoms with E-state index in [4.69, 9.17) is 11.6 Å². The van der Waals surface area contributed by atoms with Crippen LogP contribution in [0.1, 0.15) is 35.8 Å². The zero-order valence-corrected chi connectivity index (χ0v) is 13.9. The van der Waals surface area contributed by atoms with Gasteiger partial charge in [-0.3, -0.25) is 4.79 Å². The van der Waals surface area contributed by atoms with Crippen molar-refractivity contribution in [3.05, 3.63) is 70.9 Å². The number of aromatic amines is 1. The van der Waals surface area contributed by atoms with Gasteiger partial charge in [-0.2, -0.15) is 0 Å². The molecule has 0 bridgehead atoms. The largest absolute Gasteiger partial charge is 0.360 e. The van der Waals surface area contributed by atoms with Crippen molar-refractivity contribution in [2.45, 2.75) is 25.9 Å². The van der Waals surface area contributed by atoms with Crippen molar-refractivity contribution in [2.75, 3.05) is 0 Å². The van der Waals surface area contributed by atoms with Gasteiger partial charge in [-0.25, -0.2) is 0 Å². The number of nitrogens with one attached hydrogen (secondary N) is 2. The zero-order valence-electron chi connectivity index (χ0n) is 13.1. The zero-order chi connectivity index (χ0) is 16.4. The summed E-state index contributed by atoms with van der Waals surface area (Å²) in [7, 11) is 0. The Bertz CT molecular complexity index is 823. The molecule has 0 amide bonds. The molecule has 0 aliphatic heterocycles. The number of H-pyrrole nitrogens is 1. The highest BCUT2D eigenvalue weighted by molar-refractivity contribution is 6.30. The van der Waals surface area contributed by atoms with Gasteiger partial charge >= 0.3 is 0 Å². The number of halogens is 1. The van der Waals surface area contributed by atoms with Gasteiger partial charge in [-0.15, -0.1) is 0 Å². The molecule has 2 N–H and O–H groups in total. The van der Waals surface area contributed by atoms with Crippen LogP contribution >= 0.6 is 11.6 Å². The highest BCUT2D eigenvalue weighted by Crippen LogP contribution is 2.21. The second-order valence-corrected chi connectivity index (χ2v) is 6.21. The number of hydrogen-bond acceptors (Lipinski definition) is 2. The third kappa shape index (κ3) is 3.31. The number of aromatic nitrogens is 1. The quantitative estimate of drug-likeness (QED) is 0.665. The Morgan fingerprint density at radius 2 is 1.78 bits per heavy atom. The second-order valence-electron chi connectivity index (χ2n) is 5.77. The van der Waals surface area contributed by atoms with E-state index in [-0.39, 0.29) is 17.9 Å². The van der Waals surface area contributed by atoms with Gasteiger partial charge in [-0.05, 0) is 37.6 Å². The number of ketones is 1. The Morgan fingerprint density at radius 3 is 2.52 bits per heavy atom. The number of benzene rings is 2. The van der Waals surface area contributed by atoms with Crippen LogP contribution in [0.2, 0.25) is 5.02 Å². The standard InChI is InChI=1S/C19H19ClN2O/c1-12(14-7-9-15(20)10-8-14)22-13(2)19(23)17-11-21-18-6-4-3-5-16(17)18/h3-13,21-22H,1-2H3/t12-,13-/m0/s1. The highest BCUT2D eigenvalue weighted by atomic mass is 35.5. The van der Waals surface area contributed by atoms with Crippen LogP contribution in [0.15, 0.2) is 54.7 Å². The molecule has 3 aromatic rings. The van der Waals surface area contributed by atoms with E-state index in [1.807, 2.05) is 62.4 Å². The molecule has 118 valence electrons. The van der Waals surface area contributed by atoms with Crippen molar-refractivity contribution in [1.29, 1.82) is 0 Å². The van der Waals surface area contributed by atoms with E-state index in [1.54, 1.807) is 6.20 Å². The molecule has 2 aromatic carbocycles. The first-order valence-electron chi connectivity index (χ1n) is 7.68. The average molecular weight is 327 g/mol. The lowest BCUT2D eigenvalue weighted by molar-refractivity contribution is 0.0947. The van der Waals surface area contributed by atoms with Crippen LogP contribution < -0.4 is 5.32 Å². The summed E-state index contributed by atoms with van der Waals surface area (Å²) in [4.78, 5) is 15.9. The third-order valence-electron chi connectivity index (χ3n) is 4.12. The number of rotatable bonds is 5. The topological polar surface area (TPSA) is 44.9 Å². The van der Waals surface area contributed by atoms with Crippen LogP contribution in [-0.2, 0) is 0 Å². The average Bonchev–Trinajstić information content (AvgIpc) is 2.98. The Kier molecular flexibility index (Phi) is 4.51. The summed E-state index contributed by atoms with van der Waals surface area (Å²) in [5.41, 5.74) is 2.81. The summed E-state index contributed by atoms with van der Waals surface area (Å²) >= 11 is 5.92. The monoisotopic (exact) mass is 326 g/mol. The first kappa shape index (κ1) is 15.8. The van der Waals surface area contributed by atoms with Crippen molar-refractivity contribution in [3.63, 3.8) is 0 Å². The molecule has 23 heavy (non-hydrogen) atoms. The number of hydrogen-bond donors (Lipinski definition) is 2. The van der Waals surface area contributed by atoms with Crippen LogP contribution in [0.3, 0.4) is 0 Å². The maximum absolute atomic E-state index is 12.7. The Hall–Kier alpha value is -2.10. The number of fused-ring (bicyclic) bond motifs is 1. The van der Waals surface area contributed by atoms with Crippen molar-refractivity contribution < 1.29 is 4.79 Å². The van der Waals surface area contributed by atoms with Crippen LogP contribution in [0, 0.1) is 0 Å². The van der Waals surface area contributed by atoms with Gasteiger partial charge in [0, 0.05) is 33.7 Å². The van der Waals surface area contributed by atoms with Crippen molar-refractivity contribution in [2.24, 2.45) is 0 Å². The molecule has 0 saturated heterocycles. The van der Waals surface area contributed by atoms with Crippen molar-refractivity contribution in [3.8, 4) is 0 Å². The fourth-order valence-electron chi connectivity index (χ4n) is 2.81. The maximum Gasteiger partial charge on any atom is 0.181 e. The van der Waals surface area contributed by atoms with Gasteiger partial charge in [0.2, 0.25) is 0 Å². The van der Waals surface area contributed by atoms with Gasteiger partial charge < -0.3 is 10.3 Å². The number of para-hydroxylation sites is 1. The molecule has 0 unspecified atom stereocenters. The molecular formula is C19H19ClN2O. The number of carbonyl (C=O) groups is 1. The van der Waals surface area contributed by atoms with Gasteiger partial charge in [0.1, 0.15) is 0 Å². The smallest absolute Gasteiger partial charge is 0.181 e. The Morgan fingerprint density at radius 1 is 1.09 bits per heavy atom. The molecule has 3 nitrogen and oxygen atoms in total. The predicted molar refractivity (Wildman–Crippen MR) is 95.1 cm³/mol. The van der Waals surface area contributed by atoms with Crippen LogP contribution in [0.5, 0.6) is 0 Å².